The average molecular weight is 498 g/mol. The van der Waals surface area contributed by atoms with Gasteiger partial charge in [-0.3, -0.25) is 15.0 Å². The number of carbonyl (C=O) groups excluding carboxylic acids is 2. The van der Waals surface area contributed by atoms with Crippen molar-refractivity contribution >= 4 is 23.2 Å². The molecule has 0 aliphatic carbocycles. The van der Waals surface area contributed by atoms with Gasteiger partial charge in [-0.2, -0.15) is 0 Å². The number of amidine groups is 1. The van der Waals surface area contributed by atoms with Gasteiger partial charge < -0.3 is 24.0 Å². The highest BCUT2D eigenvalue weighted by Crippen LogP contribution is 2.40. The number of rotatable bonds is 7. The van der Waals surface area contributed by atoms with E-state index in [1.54, 1.807) is 45.2 Å². The molecule has 0 saturated carbocycles. The average Bonchev–Trinajstić information content (AvgIpc) is 3.12. The van der Waals surface area contributed by atoms with Crippen LogP contribution in [0, 0.1) is 16.6 Å². The van der Waals surface area contributed by atoms with Crippen molar-refractivity contribution in [3.63, 3.8) is 0 Å². The highest BCUT2D eigenvalue weighted by molar-refractivity contribution is 6.07. The van der Waals surface area contributed by atoms with E-state index < -0.39 is 11.9 Å². The summed E-state index contributed by atoms with van der Waals surface area (Å²) < 4.78 is 32.3. The quantitative estimate of drug-likeness (QED) is 0.570. The molecule has 2 aromatic rings. The number of halogens is 1. The van der Waals surface area contributed by atoms with E-state index >= 15 is 4.39 Å². The Labute approximate surface area is 210 Å². The van der Waals surface area contributed by atoms with Gasteiger partial charge in [-0.05, 0) is 43.7 Å². The van der Waals surface area contributed by atoms with Crippen molar-refractivity contribution in [2.75, 3.05) is 31.7 Å². The first-order valence-electron chi connectivity index (χ1n) is 12.0. The topological polar surface area (TPSA) is 92.2 Å². The minimum atomic E-state index is -0.655. The van der Waals surface area contributed by atoms with E-state index in [9.17, 15) is 9.59 Å². The SMILES string of the molecule is CCOc1cc2c(c(F)c1OCC)C(=N)N(CC(=O)c1ccc3c(c1)N(C)C(=O)C(C(C)(C)C)O3)C2. The van der Waals surface area contributed by atoms with Crippen molar-refractivity contribution in [1.82, 2.24) is 4.90 Å². The van der Waals surface area contributed by atoms with Gasteiger partial charge >= 0.3 is 0 Å². The van der Waals surface area contributed by atoms with Crippen LogP contribution in [0.25, 0.3) is 0 Å². The van der Waals surface area contributed by atoms with Crippen LogP contribution >= 0.6 is 0 Å². The zero-order valence-electron chi connectivity index (χ0n) is 21.5. The highest BCUT2D eigenvalue weighted by Gasteiger charge is 2.40. The van der Waals surface area contributed by atoms with Crippen LogP contribution < -0.4 is 19.1 Å². The number of carbonyl (C=O) groups is 2. The van der Waals surface area contributed by atoms with Crippen LogP contribution in [0.3, 0.4) is 0 Å². The molecule has 36 heavy (non-hydrogen) atoms. The largest absolute Gasteiger partial charge is 0.490 e. The molecule has 2 aliphatic rings. The molecule has 0 bridgehead atoms. The number of hydrogen-bond acceptors (Lipinski definition) is 6. The molecule has 1 unspecified atom stereocenters. The maximum atomic E-state index is 15.3. The van der Waals surface area contributed by atoms with Crippen LogP contribution in [0.2, 0.25) is 0 Å². The molecule has 2 heterocycles. The molecule has 1 amide bonds. The first kappa shape index (κ1) is 25.5. The van der Waals surface area contributed by atoms with Crippen LogP contribution in [-0.4, -0.2) is 55.3 Å². The van der Waals surface area contributed by atoms with Gasteiger partial charge in [0.2, 0.25) is 0 Å². The second kappa shape index (κ2) is 9.44. The van der Waals surface area contributed by atoms with E-state index in [-0.39, 0.29) is 59.7 Å². The molecule has 1 N–H and O–H groups in total. The predicted octanol–water partition coefficient (Wildman–Crippen LogP) is 4.42. The lowest BCUT2D eigenvalue weighted by Crippen LogP contribution is -2.50. The van der Waals surface area contributed by atoms with Crippen molar-refractivity contribution in [1.29, 1.82) is 5.41 Å². The summed E-state index contributed by atoms with van der Waals surface area (Å²) in [6.45, 7) is 10.0. The van der Waals surface area contributed by atoms with Gasteiger partial charge in [0, 0.05) is 24.6 Å². The normalized spacial score (nSPS) is 17.0. The number of ether oxygens (including phenoxy) is 3. The maximum absolute atomic E-state index is 15.3. The number of nitrogens with one attached hydrogen (secondary N) is 1. The molecule has 0 spiro atoms. The van der Waals surface area contributed by atoms with Crippen LogP contribution in [0.15, 0.2) is 24.3 Å². The van der Waals surface area contributed by atoms with E-state index in [1.165, 1.54) is 9.80 Å². The number of anilines is 1. The monoisotopic (exact) mass is 497 g/mol. The predicted molar refractivity (Wildman–Crippen MR) is 134 cm³/mol. The van der Waals surface area contributed by atoms with Crippen molar-refractivity contribution in [2.45, 2.75) is 47.3 Å². The van der Waals surface area contributed by atoms with Crippen LogP contribution in [0.5, 0.6) is 17.2 Å². The second-order valence-electron chi connectivity index (χ2n) is 9.99. The van der Waals surface area contributed by atoms with E-state index in [0.29, 0.717) is 29.2 Å². The highest BCUT2D eigenvalue weighted by atomic mass is 19.1. The molecule has 2 aliphatic heterocycles. The molecule has 1 atom stereocenters. The zero-order chi connectivity index (χ0) is 26.4. The number of hydrogen-bond donors (Lipinski definition) is 1. The van der Waals surface area contributed by atoms with E-state index in [2.05, 4.69) is 0 Å². The molecule has 2 aromatic carbocycles. The summed E-state index contributed by atoms with van der Waals surface area (Å²) in [6.07, 6.45) is -0.627. The van der Waals surface area contributed by atoms with E-state index in [0.717, 1.165) is 0 Å². The number of Topliss-reactive ketones (excluding diaryl/α,β-unsaturated/α-hetero) is 1. The van der Waals surface area contributed by atoms with Gasteiger partial charge in [0.05, 0.1) is 31.0 Å². The van der Waals surface area contributed by atoms with Crippen LogP contribution in [0.1, 0.15) is 56.1 Å². The fourth-order valence-corrected chi connectivity index (χ4v) is 4.50. The van der Waals surface area contributed by atoms with Crippen LogP contribution in [-0.2, 0) is 11.3 Å². The summed E-state index contributed by atoms with van der Waals surface area (Å²) in [7, 11) is 1.66. The molecular formula is C27H32FN3O5. The Morgan fingerprint density at radius 3 is 2.53 bits per heavy atom. The molecule has 0 aromatic heterocycles. The first-order chi connectivity index (χ1) is 17.0. The van der Waals surface area contributed by atoms with Gasteiger partial charge in [0.15, 0.2) is 29.2 Å². The maximum Gasteiger partial charge on any atom is 0.268 e. The van der Waals surface area contributed by atoms with E-state index in [4.69, 9.17) is 19.6 Å². The summed E-state index contributed by atoms with van der Waals surface area (Å²) in [5.41, 5.74) is 1.18. The summed E-state index contributed by atoms with van der Waals surface area (Å²) in [5, 5.41) is 8.54. The number of likely N-dealkylation sites (N-methyl/N-ethyl adjacent to an activating group) is 1. The smallest absolute Gasteiger partial charge is 0.268 e. The second-order valence-corrected chi connectivity index (χ2v) is 9.99. The fourth-order valence-electron chi connectivity index (χ4n) is 4.50. The Balaban J connectivity index is 1.57. The van der Waals surface area contributed by atoms with Gasteiger partial charge in [-0.15, -0.1) is 0 Å². The molecule has 8 nitrogen and oxygen atoms in total. The molecular weight excluding hydrogens is 465 g/mol. The number of benzene rings is 2. The standard InChI is InChI=1S/C27H32FN3O5/c1-7-34-20-12-16-13-31(25(29)21(16)22(28)23(20)35-8-2)14-18(32)15-9-10-19-17(11-15)30(6)26(33)24(36-19)27(3,4)5/h9-12,24,29H,7-8,13-14H2,1-6H3. The lowest BCUT2D eigenvalue weighted by molar-refractivity contribution is -0.130. The fraction of sp³-hybridized carbons (Fsp3) is 0.444. The third kappa shape index (κ3) is 4.38. The van der Waals surface area contributed by atoms with Gasteiger partial charge in [0.25, 0.3) is 5.91 Å². The van der Waals surface area contributed by atoms with Crippen molar-refractivity contribution in [2.24, 2.45) is 5.41 Å². The summed E-state index contributed by atoms with van der Waals surface area (Å²) in [6, 6.07) is 6.64. The Morgan fingerprint density at radius 1 is 1.19 bits per heavy atom. The Hall–Kier alpha value is -3.62. The third-order valence-electron chi connectivity index (χ3n) is 6.33. The molecule has 192 valence electrons. The first-order valence-corrected chi connectivity index (χ1v) is 12.0. The zero-order valence-corrected chi connectivity index (χ0v) is 21.5. The van der Waals surface area contributed by atoms with Crippen molar-refractivity contribution in [3.05, 3.63) is 46.8 Å². The number of nitrogens with zero attached hydrogens (tertiary/aromatic N) is 2. The minimum Gasteiger partial charge on any atom is -0.490 e. The molecule has 0 fully saturated rings. The Bertz CT molecular complexity index is 1240. The number of ketones is 1. The molecule has 0 radical (unpaired) electrons. The lowest BCUT2D eigenvalue weighted by atomic mass is 9.87. The van der Waals surface area contributed by atoms with Gasteiger partial charge in [0.1, 0.15) is 11.6 Å². The minimum absolute atomic E-state index is 0.0213. The summed E-state index contributed by atoms with van der Waals surface area (Å²) in [5.74, 6) is -0.381. The van der Waals surface area contributed by atoms with Gasteiger partial charge in [-0.25, -0.2) is 4.39 Å². The summed E-state index contributed by atoms with van der Waals surface area (Å²) >= 11 is 0. The lowest BCUT2D eigenvalue weighted by Gasteiger charge is -2.38. The molecule has 9 heteroatoms. The van der Waals surface area contributed by atoms with Crippen molar-refractivity contribution in [3.8, 4) is 17.2 Å². The van der Waals surface area contributed by atoms with Crippen molar-refractivity contribution < 1.29 is 28.2 Å². The van der Waals surface area contributed by atoms with Gasteiger partial charge in [-0.1, -0.05) is 20.8 Å². The molecule has 0 saturated heterocycles. The molecule has 4 rings (SSSR count). The van der Waals surface area contributed by atoms with Crippen LogP contribution in [0.4, 0.5) is 10.1 Å². The number of amides is 1. The Morgan fingerprint density at radius 2 is 1.89 bits per heavy atom. The summed E-state index contributed by atoms with van der Waals surface area (Å²) in [4.78, 5) is 29.1. The van der Waals surface area contributed by atoms with E-state index in [1.807, 2.05) is 20.8 Å². The Kier molecular flexibility index (Phi) is 6.68. The third-order valence-corrected chi connectivity index (χ3v) is 6.33. The number of fused-ring (bicyclic) bond motifs is 2.